The minimum absolute atomic E-state index is 0.0555. The summed E-state index contributed by atoms with van der Waals surface area (Å²) in [5, 5.41) is 19.5. The topological polar surface area (TPSA) is 121 Å². The van der Waals surface area contributed by atoms with Crippen molar-refractivity contribution in [2.24, 2.45) is 5.41 Å². The minimum Gasteiger partial charge on any atom is -0.480 e. The highest BCUT2D eigenvalue weighted by Crippen LogP contribution is 2.31. The van der Waals surface area contributed by atoms with Crippen molar-refractivity contribution in [1.29, 1.82) is 0 Å². The lowest BCUT2D eigenvalue weighted by Crippen LogP contribution is -2.72. The van der Waals surface area contributed by atoms with Crippen molar-refractivity contribution < 1.29 is 34.0 Å². The van der Waals surface area contributed by atoms with Gasteiger partial charge in [-0.15, -0.1) is 5.43 Å². The molecular formula is C21H29N2O6+. The SMILES string of the molecule is CCC(C)(C)C(=O)C(=O)[N+]1(N[C@@H](Cc2ccccc2)C(=O)O)CCC[C@H]1C(=O)O. The van der Waals surface area contributed by atoms with Crippen LogP contribution >= 0.6 is 0 Å². The number of rotatable bonds is 9. The zero-order valence-electron chi connectivity index (χ0n) is 17.1. The Kier molecular flexibility index (Phi) is 6.92. The molecule has 29 heavy (non-hydrogen) atoms. The molecule has 0 aliphatic carbocycles. The van der Waals surface area contributed by atoms with E-state index in [0.29, 0.717) is 12.8 Å². The third-order valence-corrected chi connectivity index (χ3v) is 5.83. The van der Waals surface area contributed by atoms with Crippen LogP contribution in [0.5, 0.6) is 0 Å². The number of ketones is 1. The van der Waals surface area contributed by atoms with Gasteiger partial charge in [-0.1, -0.05) is 51.1 Å². The number of likely N-dealkylation sites (tertiary alicyclic amines) is 1. The van der Waals surface area contributed by atoms with Crippen molar-refractivity contribution in [1.82, 2.24) is 5.43 Å². The van der Waals surface area contributed by atoms with E-state index < -0.39 is 45.7 Å². The Bertz CT molecular complexity index is 792. The molecule has 0 radical (unpaired) electrons. The van der Waals surface area contributed by atoms with E-state index in [1.807, 2.05) is 0 Å². The van der Waals surface area contributed by atoms with E-state index >= 15 is 0 Å². The fourth-order valence-corrected chi connectivity index (χ4v) is 3.63. The lowest BCUT2D eigenvalue weighted by atomic mass is 9.84. The van der Waals surface area contributed by atoms with Gasteiger partial charge in [0.05, 0.1) is 0 Å². The van der Waals surface area contributed by atoms with Crippen LogP contribution in [-0.2, 0) is 25.6 Å². The van der Waals surface area contributed by atoms with Crippen LogP contribution in [0, 0.1) is 5.41 Å². The number of amides is 1. The molecule has 8 nitrogen and oxygen atoms in total. The Morgan fingerprint density at radius 2 is 1.79 bits per heavy atom. The number of aliphatic carboxylic acids is 2. The van der Waals surface area contributed by atoms with Gasteiger partial charge >= 0.3 is 17.8 Å². The normalized spacial score (nSPS) is 22.8. The molecule has 1 aliphatic heterocycles. The van der Waals surface area contributed by atoms with Gasteiger partial charge in [0, 0.05) is 24.7 Å². The van der Waals surface area contributed by atoms with Gasteiger partial charge in [0.2, 0.25) is 6.04 Å². The van der Waals surface area contributed by atoms with Gasteiger partial charge < -0.3 is 10.2 Å². The van der Waals surface area contributed by atoms with Gasteiger partial charge in [0.1, 0.15) is 6.54 Å². The summed E-state index contributed by atoms with van der Waals surface area (Å²) in [6.45, 7) is 5.10. The molecule has 2 rings (SSSR count). The number of quaternary nitrogens is 1. The standard InChI is InChI=1S/C21H28N2O6/c1-4-21(2,3)17(24)18(25)23(12-8-11-16(23)20(28)29)22-15(19(26)27)13-14-9-6-5-7-10-14/h5-7,9-10,15-16,22H,4,8,11-13H2,1-3H3,(H-,26,27,28,29)/p+1/t15-,16-,23?/m0/s1. The maximum Gasteiger partial charge on any atom is 0.402 e. The van der Waals surface area contributed by atoms with E-state index in [1.165, 1.54) is 0 Å². The van der Waals surface area contributed by atoms with Gasteiger partial charge in [-0.3, -0.25) is 9.59 Å². The molecule has 3 atom stereocenters. The maximum absolute atomic E-state index is 13.3. The Hall–Kier alpha value is -2.58. The molecule has 3 N–H and O–H groups in total. The molecule has 0 spiro atoms. The first-order valence-electron chi connectivity index (χ1n) is 9.79. The fourth-order valence-electron chi connectivity index (χ4n) is 3.63. The number of nitrogens with one attached hydrogen (secondary N) is 1. The van der Waals surface area contributed by atoms with E-state index in [4.69, 9.17) is 0 Å². The summed E-state index contributed by atoms with van der Waals surface area (Å²) < 4.78 is -0.860. The van der Waals surface area contributed by atoms with Crippen molar-refractivity contribution in [3.8, 4) is 0 Å². The average Bonchev–Trinajstić information content (AvgIpc) is 3.12. The number of hydrogen-bond donors (Lipinski definition) is 3. The molecule has 1 heterocycles. The van der Waals surface area contributed by atoms with E-state index in [1.54, 1.807) is 51.1 Å². The van der Waals surface area contributed by atoms with E-state index in [-0.39, 0.29) is 19.4 Å². The van der Waals surface area contributed by atoms with Gasteiger partial charge in [0.15, 0.2) is 6.04 Å². The third kappa shape index (κ3) is 4.71. The maximum atomic E-state index is 13.3. The summed E-state index contributed by atoms with van der Waals surface area (Å²) in [5.74, 6) is -4.02. The number of hydrogen-bond acceptors (Lipinski definition) is 5. The minimum atomic E-state index is -1.23. The second kappa shape index (κ2) is 8.84. The first-order valence-corrected chi connectivity index (χ1v) is 9.79. The monoisotopic (exact) mass is 405 g/mol. The Balaban J connectivity index is 2.44. The molecule has 1 amide bonds. The third-order valence-electron chi connectivity index (χ3n) is 5.83. The van der Waals surface area contributed by atoms with Crippen LogP contribution in [0.25, 0.3) is 0 Å². The van der Waals surface area contributed by atoms with Crippen molar-refractivity contribution in [2.45, 2.75) is 58.5 Å². The lowest BCUT2D eigenvalue weighted by molar-refractivity contribution is -0.901. The Labute approximate surface area is 170 Å². The highest BCUT2D eigenvalue weighted by atomic mass is 16.4. The first kappa shape index (κ1) is 22.7. The largest absolute Gasteiger partial charge is 0.480 e. The summed E-state index contributed by atoms with van der Waals surface area (Å²) >= 11 is 0. The van der Waals surface area contributed by atoms with Crippen LogP contribution in [0.3, 0.4) is 0 Å². The van der Waals surface area contributed by atoms with Gasteiger partial charge in [-0.25, -0.2) is 9.59 Å². The van der Waals surface area contributed by atoms with Crippen LogP contribution in [0.2, 0.25) is 0 Å². The highest BCUT2D eigenvalue weighted by Gasteiger charge is 2.58. The Morgan fingerprint density at radius 1 is 1.17 bits per heavy atom. The number of carbonyl (C=O) groups is 4. The predicted octanol–water partition coefficient (Wildman–Crippen LogP) is 1.78. The molecule has 1 fully saturated rings. The van der Waals surface area contributed by atoms with Crippen LogP contribution in [-0.4, -0.2) is 57.1 Å². The van der Waals surface area contributed by atoms with E-state index in [2.05, 4.69) is 5.43 Å². The predicted molar refractivity (Wildman–Crippen MR) is 105 cm³/mol. The quantitative estimate of drug-likeness (QED) is 0.423. The van der Waals surface area contributed by atoms with E-state index in [0.717, 1.165) is 5.56 Å². The van der Waals surface area contributed by atoms with Gasteiger partial charge in [-0.2, -0.15) is 4.59 Å². The first-order chi connectivity index (χ1) is 13.5. The van der Waals surface area contributed by atoms with Crippen LogP contribution in [0.15, 0.2) is 30.3 Å². The number of carbonyl (C=O) groups excluding carboxylic acids is 2. The number of carboxylic acid groups (broad SMARTS) is 2. The van der Waals surface area contributed by atoms with Crippen molar-refractivity contribution >= 4 is 23.6 Å². The lowest BCUT2D eigenvalue weighted by Gasteiger charge is -2.37. The molecule has 0 saturated carbocycles. The summed E-state index contributed by atoms with van der Waals surface area (Å²) in [6, 6.07) is 6.42. The molecule has 158 valence electrons. The van der Waals surface area contributed by atoms with Gasteiger partial charge in [-0.05, 0) is 12.0 Å². The highest BCUT2D eigenvalue weighted by molar-refractivity contribution is 6.35. The molecule has 0 bridgehead atoms. The zero-order chi connectivity index (χ0) is 21.8. The smallest absolute Gasteiger partial charge is 0.402 e. The number of Topliss-reactive ketones (excluding diaryl/α,β-unsaturated/α-hetero) is 1. The van der Waals surface area contributed by atoms with Crippen molar-refractivity contribution in [2.75, 3.05) is 6.54 Å². The molecule has 1 aromatic rings. The molecule has 1 unspecified atom stereocenters. The summed E-state index contributed by atoms with van der Waals surface area (Å²) in [6.07, 6.45) is 1.04. The molecule has 1 saturated heterocycles. The van der Waals surface area contributed by atoms with Crippen molar-refractivity contribution in [3.05, 3.63) is 35.9 Å². The molecule has 0 aromatic heterocycles. The summed E-state index contributed by atoms with van der Waals surface area (Å²) in [5.41, 5.74) is 2.53. The number of nitrogens with zero attached hydrogens (tertiary/aromatic N) is 1. The van der Waals surface area contributed by atoms with E-state index in [9.17, 15) is 29.4 Å². The second-order valence-corrected chi connectivity index (χ2v) is 8.17. The average molecular weight is 405 g/mol. The second-order valence-electron chi connectivity index (χ2n) is 8.17. The molecule has 1 aliphatic rings. The Morgan fingerprint density at radius 3 is 2.31 bits per heavy atom. The van der Waals surface area contributed by atoms with Crippen LogP contribution < -0.4 is 5.43 Å². The molecule has 8 heteroatoms. The fraction of sp³-hybridized carbons (Fsp3) is 0.524. The van der Waals surface area contributed by atoms with Crippen molar-refractivity contribution in [3.63, 3.8) is 0 Å². The zero-order valence-corrected chi connectivity index (χ0v) is 17.1. The van der Waals surface area contributed by atoms with Crippen LogP contribution in [0.1, 0.15) is 45.6 Å². The molecule has 1 aromatic carbocycles. The summed E-state index contributed by atoms with van der Waals surface area (Å²) in [4.78, 5) is 50.1. The van der Waals surface area contributed by atoms with Gasteiger partial charge in [0.25, 0.3) is 5.78 Å². The van der Waals surface area contributed by atoms with Crippen LogP contribution in [0.4, 0.5) is 0 Å². The summed E-state index contributed by atoms with van der Waals surface area (Å²) in [7, 11) is 0. The number of carboxylic acids is 2. The number of benzene rings is 1. The molecular weight excluding hydrogens is 376 g/mol.